The van der Waals surface area contributed by atoms with E-state index < -0.39 is 0 Å². The average Bonchev–Trinajstić information content (AvgIpc) is 3.29. The van der Waals surface area contributed by atoms with E-state index in [1.54, 1.807) is 16.8 Å². The first-order valence-corrected chi connectivity index (χ1v) is 12.3. The number of nitrogens with one attached hydrogen (secondary N) is 1. The smallest absolute Gasteiger partial charge is 0.252 e. The number of tetrazole rings is 1. The fourth-order valence-corrected chi connectivity index (χ4v) is 4.73. The van der Waals surface area contributed by atoms with E-state index in [1.165, 1.54) is 12.1 Å². The summed E-state index contributed by atoms with van der Waals surface area (Å²) in [7, 11) is 0. The Morgan fingerprint density at radius 1 is 1.11 bits per heavy atom. The Kier molecular flexibility index (Phi) is 7.91. The van der Waals surface area contributed by atoms with Crippen molar-refractivity contribution >= 4 is 10.9 Å². The van der Waals surface area contributed by atoms with Gasteiger partial charge in [0.05, 0.1) is 18.1 Å². The Bertz CT molecular complexity index is 1380. The van der Waals surface area contributed by atoms with Crippen molar-refractivity contribution in [3.63, 3.8) is 0 Å². The Morgan fingerprint density at radius 2 is 1.83 bits per heavy atom. The molecule has 4 rings (SSSR count). The van der Waals surface area contributed by atoms with Crippen molar-refractivity contribution < 1.29 is 9.50 Å². The molecule has 0 spiro atoms. The number of H-pyrrole nitrogens is 1. The summed E-state index contributed by atoms with van der Waals surface area (Å²) in [5.41, 5.74) is 4.38. The Hall–Kier alpha value is -3.43. The zero-order valence-electron chi connectivity index (χ0n) is 21.2. The molecule has 190 valence electrons. The third kappa shape index (κ3) is 5.52. The van der Waals surface area contributed by atoms with Crippen LogP contribution in [0.3, 0.4) is 0 Å². The molecule has 4 aromatic rings. The summed E-state index contributed by atoms with van der Waals surface area (Å²) >= 11 is 0. The van der Waals surface area contributed by atoms with Crippen LogP contribution in [0.5, 0.6) is 0 Å². The molecule has 2 aromatic carbocycles. The largest absolute Gasteiger partial charge is 0.396 e. The summed E-state index contributed by atoms with van der Waals surface area (Å²) in [6.45, 7) is 9.58. The molecule has 0 saturated heterocycles. The van der Waals surface area contributed by atoms with Crippen molar-refractivity contribution in [2.24, 2.45) is 5.92 Å². The van der Waals surface area contributed by atoms with Gasteiger partial charge in [-0.05, 0) is 71.5 Å². The summed E-state index contributed by atoms with van der Waals surface area (Å²) in [6.07, 6.45) is 0.548. The third-order valence-electron chi connectivity index (χ3n) is 6.59. The number of aryl methyl sites for hydroxylation is 2. The number of benzene rings is 2. The third-order valence-corrected chi connectivity index (χ3v) is 6.59. The van der Waals surface area contributed by atoms with E-state index in [0.717, 1.165) is 27.6 Å². The monoisotopic (exact) mass is 492 g/mol. The number of aromatic amines is 1. The first-order chi connectivity index (χ1) is 17.3. The van der Waals surface area contributed by atoms with Gasteiger partial charge in [0.25, 0.3) is 5.56 Å². The van der Waals surface area contributed by atoms with Crippen LogP contribution < -0.4 is 5.56 Å². The van der Waals surface area contributed by atoms with Gasteiger partial charge in [0, 0.05) is 30.6 Å². The van der Waals surface area contributed by atoms with Gasteiger partial charge < -0.3 is 10.1 Å². The summed E-state index contributed by atoms with van der Waals surface area (Å²) in [5.74, 6) is 0.485. The number of fused-ring (bicyclic) bond motifs is 1. The molecule has 0 aliphatic rings. The highest BCUT2D eigenvalue weighted by atomic mass is 19.1. The van der Waals surface area contributed by atoms with Crippen LogP contribution in [-0.2, 0) is 13.1 Å². The molecule has 9 heteroatoms. The Labute approximate surface area is 209 Å². The Morgan fingerprint density at radius 3 is 2.53 bits per heavy atom. The number of aliphatic hydroxyl groups excluding tert-OH is 1. The zero-order valence-corrected chi connectivity index (χ0v) is 21.2. The first-order valence-electron chi connectivity index (χ1n) is 12.3. The van der Waals surface area contributed by atoms with Crippen LogP contribution in [0.25, 0.3) is 10.9 Å². The molecule has 2 heterocycles. The molecule has 0 radical (unpaired) electrons. The van der Waals surface area contributed by atoms with Crippen LogP contribution >= 0.6 is 0 Å². The molecular weight excluding hydrogens is 459 g/mol. The molecule has 1 atom stereocenters. The number of rotatable bonds is 10. The fourth-order valence-electron chi connectivity index (χ4n) is 4.73. The van der Waals surface area contributed by atoms with Crippen molar-refractivity contribution in [1.29, 1.82) is 0 Å². The van der Waals surface area contributed by atoms with Crippen molar-refractivity contribution in [3.8, 4) is 0 Å². The van der Waals surface area contributed by atoms with Crippen LogP contribution in [-0.4, -0.2) is 48.3 Å². The maximum Gasteiger partial charge on any atom is 0.252 e. The van der Waals surface area contributed by atoms with E-state index in [9.17, 15) is 14.3 Å². The van der Waals surface area contributed by atoms with Crippen molar-refractivity contribution in [2.45, 2.75) is 53.2 Å². The molecule has 36 heavy (non-hydrogen) atoms. The highest BCUT2D eigenvalue weighted by molar-refractivity contribution is 5.85. The molecule has 0 saturated carbocycles. The molecule has 0 amide bonds. The number of nitrogens with zero attached hydrogens (tertiary/aromatic N) is 5. The van der Waals surface area contributed by atoms with E-state index in [2.05, 4.69) is 45.3 Å². The van der Waals surface area contributed by atoms with Gasteiger partial charge in [-0.1, -0.05) is 38.1 Å². The van der Waals surface area contributed by atoms with Gasteiger partial charge in [0.2, 0.25) is 0 Å². The highest BCUT2D eigenvalue weighted by Crippen LogP contribution is 2.29. The van der Waals surface area contributed by atoms with E-state index >= 15 is 0 Å². The maximum absolute atomic E-state index is 13.4. The lowest BCUT2D eigenvalue weighted by molar-refractivity contribution is 0.122. The van der Waals surface area contributed by atoms with Gasteiger partial charge in [-0.15, -0.1) is 5.10 Å². The predicted molar refractivity (Wildman–Crippen MR) is 137 cm³/mol. The molecular formula is C27H33FN6O2. The van der Waals surface area contributed by atoms with E-state index in [-0.39, 0.29) is 29.9 Å². The molecule has 0 bridgehead atoms. The Balaban J connectivity index is 1.71. The zero-order chi connectivity index (χ0) is 25.8. The van der Waals surface area contributed by atoms with Crippen molar-refractivity contribution in [2.75, 3.05) is 13.2 Å². The topological polar surface area (TPSA) is 99.9 Å². The number of halogens is 1. The minimum absolute atomic E-state index is 0.0359. The lowest BCUT2D eigenvalue weighted by Gasteiger charge is -2.33. The standard InChI is InChI=1S/C27H33FN6O2/c1-17(2)25(26-30-31-32-34(26)15-20-8-10-22(28)11-9-20)33(12-5-13-35)16-21-14-23-18(3)6-7-19(4)24(23)29-27(21)36/h6-11,14,17,25,35H,5,12-13,15-16H2,1-4H3,(H,29,36)/t25-/m0/s1. The number of hydrogen-bond donors (Lipinski definition) is 2. The lowest BCUT2D eigenvalue weighted by atomic mass is 9.99. The van der Waals surface area contributed by atoms with Crippen molar-refractivity contribution in [1.82, 2.24) is 30.1 Å². The maximum atomic E-state index is 13.4. The molecule has 0 aliphatic heterocycles. The van der Waals surface area contributed by atoms with Gasteiger partial charge >= 0.3 is 0 Å². The minimum Gasteiger partial charge on any atom is -0.396 e. The SMILES string of the molecule is Cc1ccc(C)c2[nH]c(=O)c(CN(CCCO)[C@H](c3nnnn3Cc3ccc(F)cc3)C(C)C)cc12. The molecule has 0 fully saturated rings. The summed E-state index contributed by atoms with van der Waals surface area (Å²) in [4.78, 5) is 18.3. The van der Waals surface area contributed by atoms with Gasteiger partial charge in [0.1, 0.15) is 5.82 Å². The molecule has 2 N–H and O–H groups in total. The van der Waals surface area contributed by atoms with Crippen LogP contribution in [0.1, 0.15) is 54.4 Å². The fraction of sp³-hybridized carbons (Fsp3) is 0.407. The molecule has 8 nitrogen and oxygen atoms in total. The van der Waals surface area contributed by atoms with Crippen LogP contribution in [0.2, 0.25) is 0 Å². The van der Waals surface area contributed by atoms with Gasteiger partial charge in [0.15, 0.2) is 5.82 Å². The van der Waals surface area contributed by atoms with E-state index in [4.69, 9.17) is 0 Å². The summed E-state index contributed by atoms with van der Waals surface area (Å²) < 4.78 is 15.1. The van der Waals surface area contributed by atoms with Gasteiger partial charge in [-0.3, -0.25) is 9.69 Å². The summed E-state index contributed by atoms with van der Waals surface area (Å²) in [6, 6.07) is 12.1. The van der Waals surface area contributed by atoms with Crippen LogP contribution in [0, 0.1) is 25.6 Å². The average molecular weight is 493 g/mol. The first kappa shape index (κ1) is 25.7. The number of hydrogen-bond acceptors (Lipinski definition) is 6. The molecule has 0 aliphatic carbocycles. The predicted octanol–water partition coefficient (Wildman–Crippen LogP) is 3.90. The quantitative estimate of drug-likeness (QED) is 0.348. The lowest BCUT2D eigenvalue weighted by Crippen LogP contribution is -2.36. The van der Waals surface area contributed by atoms with E-state index in [1.807, 2.05) is 26.0 Å². The van der Waals surface area contributed by atoms with E-state index in [0.29, 0.717) is 37.4 Å². The van der Waals surface area contributed by atoms with Crippen molar-refractivity contribution in [3.05, 3.63) is 86.7 Å². The second-order valence-corrected chi connectivity index (χ2v) is 9.67. The number of pyridine rings is 1. The number of aromatic nitrogens is 5. The highest BCUT2D eigenvalue weighted by Gasteiger charge is 2.29. The number of aliphatic hydroxyl groups is 1. The normalized spacial score (nSPS) is 12.7. The second kappa shape index (κ2) is 11.1. The van der Waals surface area contributed by atoms with Crippen LogP contribution in [0.15, 0.2) is 47.3 Å². The molecule has 0 unspecified atom stereocenters. The van der Waals surface area contributed by atoms with Gasteiger partial charge in [-0.2, -0.15) is 0 Å². The minimum atomic E-state index is -0.294. The van der Waals surface area contributed by atoms with Gasteiger partial charge in [-0.25, -0.2) is 9.07 Å². The molecule has 2 aromatic heterocycles. The second-order valence-electron chi connectivity index (χ2n) is 9.67. The summed E-state index contributed by atoms with van der Waals surface area (Å²) in [5, 5.41) is 23.1. The van der Waals surface area contributed by atoms with Crippen LogP contribution in [0.4, 0.5) is 4.39 Å².